The van der Waals surface area contributed by atoms with Crippen LogP contribution in [-0.4, -0.2) is 35.8 Å². The fourth-order valence-corrected chi connectivity index (χ4v) is 3.83. The van der Waals surface area contributed by atoms with Gasteiger partial charge in [0.15, 0.2) is 6.61 Å². The first-order valence-corrected chi connectivity index (χ1v) is 11.7. The molecule has 7 nitrogen and oxygen atoms in total. The molecule has 182 valence electrons. The quantitative estimate of drug-likeness (QED) is 0.316. The van der Waals surface area contributed by atoms with Gasteiger partial charge in [0.05, 0.1) is 31.3 Å². The molecule has 7 heteroatoms. The molecule has 1 amide bonds. The first-order chi connectivity index (χ1) is 17.0. The van der Waals surface area contributed by atoms with E-state index in [-0.39, 0.29) is 12.5 Å². The van der Waals surface area contributed by atoms with Gasteiger partial charge in [0.2, 0.25) is 0 Å². The lowest BCUT2D eigenvalue weighted by atomic mass is 10.1. The van der Waals surface area contributed by atoms with Crippen molar-refractivity contribution in [2.45, 2.75) is 33.4 Å². The van der Waals surface area contributed by atoms with Gasteiger partial charge in [-0.2, -0.15) is 0 Å². The molecule has 1 heterocycles. The molecule has 0 aliphatic heterocycles. The largest absolute Gasteiger partial charge is 0.497 e. The lowest BCUT2D eigenvalue weighted by molar-refractivity contribution is -0.123. The summed E-state index contributed by atoms with van der Waals surface area (Å²) < 4.78 is 18.9. The average Bonchev–Trinajstić information content (AvgIpc) is 3.23. The van der Waals surface area contributed by atoms with Crippen molar-refractivity contribution in [3.63, 3.8) is 0 Å². The second kappa shape index (κ2) is 11.4. The molecule has 0 fully saturated rings. The van der Waals surface area contributed by atoms with Gasteiger partial charge in [-0.05, 0) is 73.9 Å². The Bertz CT molecular complexity index is 1280. The van der Waals surface area contributed by atoms with Crippen LogP contribution in [0.5, 0.6) is 17.2 Å². The third-order valence-corrected chi connectivity index (χ3v) is 5.73. The third kappa shape index (κ3) is 6.32. The van der Waals surface area contributed by atoms with Crippen LogP contribution in [0.3, 0.4) is 0 Å². The number of aromatic nitrogens is 2. The van der Waals surface area contributed by atoms with Gasteiger partial charge < -0.3 is 24.1 Å². The number of fused-ring (bicyclic) bond motifs is 1. The van der Waals surface area contributed by atoms with Crippen LogP contribution in [0, 0.1) is 13.8 Å². The smallest absolute Gasteiger partial charge is 0.258 e. The van der Waals surface area contributed by atoms with Crippen molar-refractivity contribution < 1.29 is 19.0 Å². The number of para-hydroxylation sites is 2. The van der Waals surface area contributed by atoms with Crippen LogP contribution >= 0.6 is 0 Å². The zero-order valence-electron chi connectivity index (χ0n) is 20.4. The van der Waals surface area contributed by atoms with Crippen molar-refractivity contribution >= 4 is 16.9 Å². The van der Waals surface area contributed by atoms with E-state index in [2.05, 4.69) is 9.88 Å². The number of carbonyl (C=O) groups is 1. The van der Waals surface area contributed by atoms with Crippen LogP contribution in [0.4, 0.5) is 0 Å². The molecule has 0 spiro atoms. The SMILES string of the molecule is COc1ccc(OCCCn2c(CNC(=O)COc3cc(C)ccc3C)nc3ccccc32)cc1. The van der Waals surface area contributed by atoms with E-state index in [0.717, 1.165) is 58.2 Å². The van der Waals surface area contributed by atoms with Crippen LogP contribution in [-0.2, 0) is 17.9 Å². The summed E-state index contributed by atoms with van der Waals surface area (Å²) in [6, 6.07) is 21.5. The number of amides is 1. The van der Waals surface area contributed by atoms with Gasteiger partial charge in [-0.25, -0.2) is 4.98 Å². The molecular formula is C28H31N3O4. The minimum Gasteiger partial charge on any atom is -0.497 e. The van der Waals surface area contributed by atoms with E-state index < -0.39 is 0 Å². The van der Waals surface area contributed by atoms with E-state index in [1.54, 1.807) is 7.11 Å². The highest BCUT2D eigenvalue weighted by atomic mass is 16.5. The number of hydrogen-bond acceptors (Lipinski definition) is 5. The number of ether oxygens (including phenoxy) is 3. The molecule has 0 radical (unpaired) electrons. The average molecular weight is 474 g/mol. The summed E-state index contributed by atoms with van der Waals surface area (Å²) in [4.78, 5) is 17.2. The number of nitrogens with zero attached hydrogens (tertiary/aromatic N) is 2. The fourth-order valence-electron chi connectivity index (χ4n) is 3.83. The third-order valence-electron chi connectivity index (χ3n) is 5.73. The standard InChI is InChI=1S/C28H31N3O4/c1-20-9-10-21(2)26(17-20)35-19-28(32)29-18-27-30-24-7-4-5-8-25(24)31(27)15-6-16-34-23-13-11-22(33-3)12-14-23/h4-5,7-14,17H,6,15-16,18-19H2,1-3H3,(H,29,32). The second-order valence-corrected chi connectivity index (χ2v) is 8.38. The Morgan fingerprint density at radius 1 is 0.971 bits per heavy atom. The van der Waals surface area contributed by atoms with Crippen molar-refractivity contribution in [2.24, 2.45) is 0 Å². The molecule has 35 heavy (non-hydrogen) atoms. The number of nitrogens with one attached hydrogen (secondary N) is 1. The van der Waals surface area contributed by atoms with Crippen molar-refractivity contribution in [3.8, 4) is 17.2 Å². The Hall–Kier alpha value is -4.00. The highest BCUT2D eigenvalue weighted by molar-refractivity contribution is 5.78. The molecule has 0 saturated carbocycles. The molecule has 0 aliphatic rings. The van der Waals surface area contributed by atoms with Gasteiger partial charge in [-0.15, -0.1) is 0 Å². The monoisotopic (exact) mass is 473 g/mol. The normalized spacial score (nSPS) is 10.8. The number of rotatable bonds is 11. The highest BCUT2D eigenvalue weighted by Gasteiger charge is 2.12. The van der Waals surface area contributed by atoms with Gasteiger partial charge in [0.1, 0.15) is 23.1 Å². The second-order valence-electron chi connectivity index (χ2n) is 8.38. The lowest BCUT2D eigenvalue weighted by Crippen LogP contribution is -2.29. The zero-order valence-corrected chi connectivity index (χ0v) is 20.4. The summed E-state index contributed by atoms with van der Waals surface area (Å²) in [5.41, 5.74) is 4.03. The summed E-state index contributed by atoms with van der Waals surface area (Å²) in [5.74, 6) is 2.94. The van der Waals surface area contributed by atoms with Crippen molar-refractivity contribution in [2.75, 3.05) is 20.3 Å². The summed E-state index contributed by atoms with van der Waals surface area (Å²) >= 11 is 0. The maximum atomic E-state index is 12.5. The maximum Gasteiger partial charge on any atom is 0.258 e. The Kier molecular flexibility index (Phi) is 7.88. The predicted molar refractivity (Wildman–Crippen MR) is 136 cm³/mol. The van der Waals surface area contributed by atoms with E-state index in [1.165, 1.54) is 0 Å². The molecule has 0 saturated heterocycles. The predicted octanol–water partition coefficient (Wildman–Crippen LogP) is 4.83. The molecule has 0 unspecified atom stereocenters. The van der Waals surface area contributed by atoms with Crippen LogP contribution < -0.4 is 19.5 Å². The highest BCUT2D eigenvalue weighted by Crippen LogP contribution is 2.20. The summed E-state index contributed by atoms with van der Waals surface area (Å²) in [5, 5.41) is 2.94. The zero-order chi connectivity index (χ0) is 24.6. The first kappa shape index (κ1) is 24.1. The molecule has 0 bridgehead atoms. The fraction of sp³-hybridized carbons (Fsp3) is 0.286. The van der Waals surface area contributed by atoms with Crippen molar-refractivity contribution in [3.05, 3.63) is 83.7 Å². The van der Waals surface area contributed by atoms with E-state index in [4.69, 9.17) is 19.2 Å². The number of imidazole rings is 1. The number of hydrogen-bond donors (Lipinski definition) is 1. The van der Waals surface area contributed by atoms with E-state index in [0.29, 0.717) is 13.2 Å². The van der Waals surface area contributed by atoms with Gasteiger partial charge in [0, 0.05) is 6.54 Å². The van der Waals surface area contributed by atoms with Gasteiger partial charge in [0.25, 0.3) is 5.91 Å². The number of methoxy groups -OCH3 is 1. The summed E-state index contributed by atoms with van der Waals surface area (Å²) in [6.07, 6.45) is 0.795. The molecule has 3 aromatic carbocycles. The Labute approximate surface area is 205 Å². The molecule has 4 rings (SSSR count). The number of carbonyl (C=O) groups excluding carboxylic acids is 1. The topological polar surface area (TPSA) is 74.6 Å². The van der Waals surface area contributed by atoms with Crippen LogP contribution in [0.25, 0.3) is 11.0 Å². The number of aryl methyl sites for hydroxylation is 3. The Morgan fingerprint density at radius 3 is 2.54 bits per heavy atom. The molecular weight excluding hydrogens is 442 g/mol. The van der Waals surface area contributed by atoms with Crippen molar-refractivity contribution in [1.82, 2.24) is 14.9 Å². The molecule has 4 aromatic rings. The molecule has 1 N–H and O–H groups in total. The maximum absolute atomic E-state index is 12.5. The van der Waals surface area contributed by atoms with Crippen LogP contribution in [0.15, 0.2) is 66.7 Å². The Balaban J connectivity index is 1.34. The van der Waals surface area contributed by atoms with Crippen LogP contribution in [0.2, 0.25) is 0 Å². The molecule has 0 atom stereocenters. The van der Waals surface area contributed by atoms with E-state index >= 15 is 0 Å². The minimum absolute atomic E-state index is 0.0414. The van der Waals surface area contributed by atoms with Gasteiger partial charge >= 0.3 is 0 Å². The molecule has 1 aromatic heterocycles. The molecule has 0 aliphatic carbocycles. The van der Waals surface area contributed by atoms with E-state index in [9.17, 15) is 4.79 Å². The Morgan fingerprint density at radius 2 is 1.74 bits per heavy atom. The van der Waals surface area contributed by atoms with Gasteiger partial charge in [-0.3, -0.25) is 4.79 Å². The van der Waals surface area contributed by atoms with Gasteiger partial charge in [-0.1, -0.05) is 24.3 Å². The van der Waals surface area contributed by atoms with E-state index in [1.807, 2.05) is 80.6 Å². The first-order valence-electron chi connectivity index (χ1n) is 11.7. The minimum atomic E-state index is -0.188. The lowest BCUT2D eigenvalue weighted by Gasteiger charge is -2.12. The van der Waals surface area contributed by atoms with Crippen LogP contribution in [0.1, 0.15) is 23.4 Å². The summed E-state index contributed by atoms with van der Waals surface area (Å²) in [7, 11) is 1.64. The number of benzene rings is 3. The van der Waals surface area contributed by atoms with Crippen molar-refractivity contribution in [1.29, 1.82) is 0 Å². The summed E-state index contributed by atoms with van der Waals surface area (Å²) in [6.45, 7) is 5.53.